The zero-order valence-corrected chi connectivity index (χ0v) is 15.3. The molecule has 0 aliphatic heterocycles. The van der Waals surface area contributed by atoms with Crippen LogP contribution in [0.1, 0.15) is 57.2 Å². The van der Waals surface area contributed by atoms with Crippen LogP contribution >= 0.6 is 0 Å². The number of hydrogen-bond donors (Lipinski definition) is 1. The highest BCUT2D eigenvalue weighted by Gasteiger charge is 2.39. The van der Waals surface area contributed by atoms with Crippen molar-refractivity contribution in [2.45, 2.75) is 57.7 Å². The van der Waals surface area contributed by atoms with Gasteiger partial charge in [0.25, 0.3) is 0 Å². The van der Waals surface area contributed by atoms with Crippen LogP contribution in [0.4, 0.5) is 8.78 Å². The van der Waals surface area contributed by atoms with Gasteiger partial charge in [0.05, 0.1) is 29.7 Å². The molecule has 3 atom stereocenters. The molecule has 1 N–H and O–H groups in total. The number of rotatable bonds is 5. The third-order valence-corrected chi connectivity index (χ3v) is 5.21. The predicted octanol–water partition coefficient (Wildman–Crippen LogP) is 4.32. The maximum Gasteiger partial charge on any atom is 0.135 e. The van der Waals surface area contributed by atoms with Crippen molar-refractivity contribution in [3.63, 3.8) is 0 Å². The van der Waals surface area contributed by atoms with Crippen molar-refractivity contribution < 1.29 is 18.6 Å². The highest BCUT2D eigenvalue weighted by molar-refractivity contribution is 5.61. The molecule has 0 spiro atoms. The summed E-state index contributed by atoms with van der Waals surface area (Å²) in [6.07, 6.45) is 2.01. The summed E-state index contributed by atoms with van der Waals surface area (Å²) < 4.78 is 34.4. The van der Waals surface area contributed by atoms with Crippen LogP contribution < -0.4 is 0 Å². The van der Waals surface area contributed by atoms with E-state index in [1.807, 2.05) is 13.8 Å². The molecule has 1 aromatic heterocycles. The highest BCUT2D eigenvalue weighted by atomic mass is 19.1. The Morgan fingerprint density at radius 1 is 1.31 bits per heavy atom. The molecule has 4 nitrogen and oxygen atoms in total. The second-order valence-corrected chi connectivity index (χ2v) is 7.13. The first-order chi connectivity index (χ1) is 12.4. The molecule has 1 heterocycles. The van der Waals surface area contributed by atoms with Crippen LogP contribution in [-0.2, 0) is 10.3 Å². The minimum absolute atomic E-state index is 0.0665. The van der Waals surface area contributed by atoms with Crippen molar-refractivity contribution in [1.29, 1.82) is 0 Å². The number of fused-ring (bicyclic) bond motifs is 1. The number of benzene rings is 1. The summed E-state index contributed by atoms with van der Waals surface area (Å²) in [6.45, 7) is 5.88. The number of nitrogens with zero attached hydrogens (tertiary/aromatic N) is 2. The second kappa shape index (κ2) is 7.37. The standard InChI is InChI=1S/C20H24F2N2O2/c1-4-13(11-25)26-20(3)9-8-12(2)14-10-17(23-24-19(14)20)18-15(21)6-5-7-16(18)22/h5-7,10,12-13,25H,4,8-9,11H2,1-3H3/t12-,13+,20-/m0/s1. The van der Waals surface area contributed by atoms with Gasteiger partial charge < -0.3 is 9.84 Å². The van der Waals surface area contributed by atoms with Crippen LogP contribution in [0.25, 0.3) is 11.3 Å². The summed E-state index contributed by atoms with van der Waals surface area (Å²) in [4.78, 5) is 0. The number of aliphatic hydroxyl groups excluding tert-OH is 1. The second-order valence-electron chi connectivity index (χ2n) is 7.13. The Kier molecular flexibility index (Phi) is 5.34. The Hall–Kier alpha value is -1.92. The predicted molar refractivity (Wildman–Crippen MR) is 94.6 cm³/mol. The van der Waals surface area contributed by atoms with Crippen LogP contribution in [0.5, 0.6) is 0 Å². The Labute approximate surface area is 152 Å². The largest absolute Gasteiger partial charge is 0.394 e. The van der Waals surface area contributed by atoms with Crippen LogP contribution in [0.2, 0.25) is 0 Å². The van der Waals surface area contributed by atoms with Crippen molar-refractivity contribution in [2.24, 2.45) is 0 Å². The van der Waals surface area contributed by atoms with Crippen molar-refractivity contribution >= 4 is 0 Å². The molecule has 0 amide bonds. The number of ether oxygens (including phenoxy) is 1. The monoisotopic (exact) mass is 362 g/mol. The summed E-state index contributed by atoms with van der Waals surface area (Å²) in [6, 6.07) is 5.47. The molecule has 1 aliphatic rings. The Morgan fingerprint density at radius 3 is 2.62 bits per heavy atom. The maximum absolute atomic E-state index is 14.1. The van der Waals surface area contributed by atoms with E-state index < -0.39 is 17.2 Å². The third-order valence-electron chi connectivity index (χ3n) is 5.21. The fraction of sp³-hybridized carbons (Fsp3) is 0.500. The van der Waals surface area contributed by atoms with E-state index in [9.17, 15) is 13.9 Å². The van der Waals surface area contributed by atoms with E-state index in [2.05, 4.69) is 17.1 Å². The summed E-state index contributed by atoms with van der Waals surface area (Å²) in [7, 11) is 0. The molecule has 6 heteroatoms. The summed E-state index contributed by atoms with van der Waals surface area (Å²) in [5.41, 5.74) is 0.919. The first-order valence-electron chi connectivity index (χ1n) is 9.00. The average Bonchev–Trinajstić information content (AvgIpc) is 2.63. The van der Waals surface area contributed by atoms with Gasteiger partial charge in [-0.3, -0.25) is 0 Å². The van der Waals surface area contributed by atoms with Crippen molar-refractivity contribution in [1.82, 2.24) is 10.2 Å². The van der Waals surface area contributed by atoms with Gasteiger partial charge in [-0.05, 0) is 55.9 Å². The highest BCUT2D eigenvalue weighted by Crippen LogP contribution is 2.44. The zero-order valence-electron chi connectivity index (χ0n) is 15.3. The SMILES string of the molecule is CC[C@H](CO)O[C@@]1(C)CC[C@H](C)c2cc(-c3c(F)cccc3F)nnc21. The van der Waals surface area contributed by atoms with Crippen LogP contribution in [-0.4, -0.2) is 28.0 Å². The molecule has 1 aliphatic carbocycles. The fourth-order valence-electron chi connectivity index (χ4n) is 3.56. The summed E-state index contributed by atoms with van der Waals surface area (Å²) >= 11 is 0. The number of hydrogen-bond acceptors (Lipinski definition) is 4. The van der Waals surface area contributed by atoms with Gasteiger partial charge in [-0.1, -0.05) is 19.9 Å². The molecule has 0 unspecified atom stereocenters. The van der Waals surface area contributed by atoms with E-state index in [1.54, 1.807) is 6.07 Å². The van der Waals surface area contributed by atoms with Gasteiger partial charge in [-0.25, -0.2) is 8.78 Å². The van der Waals surface area contributed by atoms with Crippen molar-refractivity contribution in [3.05, 3.63) is 47.2 Å². The minimum Gasteiger partial charge on any atom is -0.394 e. The Balaban J connectivity index is 2.06. The first kappa shape index (κ1) is 18.9. The smallest absolute Gasteiger partial charge is 0.135 e. The van der Waals surface area contributed by atoms with E-state index in [-0.39, 0.29) is 29.9 Å². The fourth-order valence-corrected chi connectivity index (χ4v) is 3.56. The number of halogens is 2. The van der Waals surface area contributed by atoms with Gasteiger partial charge in [0.1, 0.15) is 17.2 Å². The molecule has 0 saturated heterocycles. The minimum atomic E-state index is -0.676. The van der Waals surface area contributed by atoms with E-state index >= 15 is 0 Å². The molecule has 0 saturated carbocycles. The van der Waals surface area contributed by atoms with Gasteiger partial charge in [0.15, 0.2) is 0 Å². The molecule has 2 aromatic rings. The van der Waals surface area contributed by atoms with Gasteiger partial charge in [-0.2, -0.15) is 5.10 Å². The number of aliphatic hydroxyl groups is 1. The lowest BCUT2D eigenvalue weighted by Crippen LogP contribution is -2.38. The normalized spacial score (nSPS) is 23.5. The lowest BCUT2D eigenvalue weighted by atomic mass is 9.78. The number of aromatic nitrogens is 2. The van der Waals surface area contributed by atoms with Gasteiger partial charge in [-0.15, -0.1) is 5.10 Å². The van der Waals surface area contributed by atoms with E-state index in [0.29, 0.717) is 12.1 Å². The lowest BCUT2D eigenvalue weighted by Gasteiger charge is -2.39. The van der Waals surface area contributed by atoms with Gasteiger partial charge in [0.2, 0.25) is 0 Å². The van der Waals surface area contributed by atoms with E-state index in [0.717, 1.165) is 18.4 Å². The van der Waals surface area contributed by atoms with Gasteiger partial charge >= 0.3 is 0 Å². The topological polar surface area (TPSA) is 55.2 Å². The summed E-state index contributed by atoms with van der Waals surface area (Å²) in [5, 5.41) is 17.9. The Bertz CT molecular complexity index is 775. The lowest BCUT2D eigenvalue weighted by molar-refractivity contribution is -0.118. The first-order valence-corrected chi connectivity index (χ1v) is 9.00. The molecule has 26 heavy (non-hydrogen) atoms. The molecule has 3 rings (SSSR count). The average molecular weight is 362 g/mol. The molecule has 1 aromatic carbocycles. The molecule has 0 radical (unpaired) electrons. The van der Waals surface area contributed by atoms with Crippen LogP contribution in [0.3, 0.4) is 0 Å². The molecule has 0 fully saturated rings. The Morgan fingerprint density at radius 2 is 2.00 bits per heavy atom. The van der Waals surface area contributed by atoms with Crippen molar-refractivity contribution in [3.8, 4) is 11.3 Å². The van der Waals surface area contributed by atoms with Crippen molar-refractivity contribution in [2.75, 3.05) is 6.61 Å². The quantitative estimate of drug-likeness (QED) is 0.861. The molecular weight excluding hydrogens is 338 g/mol. The molecule has 0 bridgehead atoms. The van der Waals surface area contributed by atoms with Gasteiger partial charge in [0, 0.05) is 0 Å². The zero-order chi connectivity index (χ0) is 18.9. The summed E-state index contributed by atoms with van der Waals surface area (Å²) in [5.74, 6) is -1.14. The van der Waals surface area contributed by atoms with E-state index in [4.69, 9.17) is 4.74 Å². The van der Waals surface area contributed by atoms with E-state index in [1.165, 1.54) is 18.2 Å². The van der Waals surface area contributed by atoms with Crippen LogP contribution in [0, 0.1) is 11.6 Å². The van der Waals surface area contributed by atoms with Crippen LogP contribution in [0.15, 0.2) is 24.3 Å². The molecular formula is C20H24F2N2O2. The molecule has 140 valence electrons. The third kappa shape index (κ3) is 3.35. The maximum atomic E-state index is 14.1.